The van der Waals surface area contributed by atoms with Crippen LogP contribution in [0, 0.1) is 13.8 Å². The van der Waals surface area contributed by atoms with Gasteiger partial charge < -0.3 is 0 Å². The van der Waals surface area contributed by atoms with E-state index in [1.54, 1.807) is 0 Å². The Hall–Kier alpha value is 0.290. The molecule has 2 radical (unpaired) electrons. The third-order valence-corrected chi connectivity index (χ3v) is 1.35. The Balaban J connectivity index is 0. The van der Waals surface area contributed by atoms with E-state index in [4.69, 9.17) is 11.6 Å². The highest BCUT2D eigenvalue weighted by atomic mass is 35.5. The molecule has 0 bridgehead atoms. The van der Waals surface area contributed by atoms with Crippen LogP contribution in [0.3, 0.4) is 0 Å². The number of rotatable bonds is 5. The zero-order valence-electron chi connectivity index (χ0n) is 7.74. The molecule has 0 rings (SSSR count). The molecule has 68 valence electrons. The second kappa shape index (κ2) is 16.7. The van der Waals surface area contributed by atoms with Crippen LogP contribution in [0.5, 0.6) is 0 Å². The van der Waals surface area contributed by atoms with Crippen LogP contribution in [-0.2, 0) is 0 Å². The SMILES string of the molecule is [CH2]CCCCCCC.[CH2]CCl. The maximum Gasteiger partial charge on any atom is 0.0223 e. The molecule has 0 aromatic carbocycles. The molecule has 0 aliphatic rings. The molecule has 0 saturated heterocycles. The van der Waals surface area contributed by atoms with Crippen LogP contribution in [0.15, 0.2) is 0 Å². The average molecular weight is 177 g/mol. The summed E-state index contributed by atoms with van der Waals surface area (Å²) in [6.45, 7) is 9.28. The van der Waals surface area contributed by atoms with Crippen molar-refractivity contribution in [2.24, 2.45) is 0 Å². The quantitative estimate of drug-likeness (QED) is 0.434. The molecule has 1 heteroatoms. The smallest absolute Gasteiger partial charge is 0.0223 e. The van der Waals surface area contributed by atoms with Gasteiger partial charge in [0.1, 0.15) is 0 Å². The number of alkyl halides is 1. The van der Waals surface area contributed by atoms with Crippen molar-refractivity contribution >= 4 is 11.6 Å². The normalized spacial score (nSPS) is 8.73. The first-order chi connectivity index (χ1) is 5.33. The first-order valence-corrected chi connectivity index (χ1v) is 5.01. The predicted octanol–water partition coefficient (Wildman–Crippen LogP) is 4.24. The second-order valence-corrected chi connectivity index (χ2v) is 2.83. The summed E-state index contributed by atoms with van der Waals surface area (Å²) in [6.07, 6.45) is 7.98. The van der Waals surface area contributed by atoms with E-state index in [-0.39, 0.29) is 0 Å². The Labute approximate surface area is 77.3 Å². The molecule has 0 saturated carbocycles. The van der Waals surface area contributed by atoms with E-state index in [9.17, 15) is 0 Å². The van der Waals surface area contributed by atoms with Crippen LogP contribution in [0.1, 0.15) is 45.4 Å². The Kier molecular flexibility index (Phi) is 21.0. The molecule has 0 nitrogen and oxygen atoms in total. The van der Waals surface area contributed by atoms with E-state index in [2.05, 4.69) is 20.8 Å². The van der Waals surface area contributed by atoms with Crippen molar-refractivity contribution in [2.75, 3.05) is 5.88 Å². The zero-order chi connectivity index (χ0) is 8.95. The number of halogens is 1. The molecular formula is C10H21Cl. The molecular weight excluding hydrogens is 156 g/mol. The number of unbranched alkanes of at least 4 members (excludes halogenated alkanes) is 5. The van der Waals surface area contributed by atoms with Crippen LogP contribution < -0.4 is 0 Å². The molecule has 0 atom stereocenters. The Bertz CT molecular complexity index is 38.1. The van der Waals surface area contributed by atoms with Gasteiger partial charge in [0.05, 0.1) is 0 Å². The fourth-order valence-corrected chi connectivity index (χ4v) is 0.780. The lowest BCUT2D eigenvalue weighted by Crippen LogP contribution is -1.74. The van der Waals surface area contributed by atoms with Crippen molar-refractivity contribution in [2.45, 2.75) is 45.4 Å². The summed E-state index contributed by atoms with van der Waals surface area (Å²) < 4.78 is 0. The third-order valence-electron chi connectivity index (χ3n) is 1.35. The van der Waals surface area contributed by atoms with Gasteiger partial charge in [-0.15, -0.1) is 11.6 Å². The highest BCUT2D eigenvalue weighted by Gasteiger charge is 1.83. The molecule has 0 N–H and O–H groups in total. The van der Waals surface area contributed by atoms with Gasteiger partial charge >= 0.3 is 0 Å². The fraction of sp³-hybridized carbons (Fsp3) is 0.800. The van der Waals surface area contributed by atoms with Gasteiger partial charge in [0.15, 0.2) is 0 Å². The largest absolute Gasteiger partial charge is 0.127 e. The lowest BCUT2D eigenvalue weighted by molar-refractivity contribution is 0.637. The Morgan fingerprint density at radius 1 is 1.00 bits per heavy atom. The lowest BCUT2D eigenvalue weighted by Gasteiger charge is -1.93. The van der Waals surface area contributed by atoms with Gasteiger partial charge in [-0.1, -0.05) is 52.4 Å². The van der Waals surface area contributed by atoms with Gasteiger partial charge in [0, 0.05) is 5.88 Å². The van der Waals surface area contributed by atoms with Crippen LogP contribution in [0.25, 0.3) is 0 Å². The minimum atomic E-state index is 0.472. The van der Waals surface area contributed by atoms with Crippen LogP contribution >= 0.6 is 11.6 Å². The van der Waals surface area contributed by atoms with Crippen LogP contribution in [0.2, 0.25) is 0 Å². The van der Waals surface area contributed by atoms with Crippen molar-refractivity contribution in [3.63, 3.8) is 0 Å². The Morgan fingerprint density at radius 3 is 1.82 bits per heavy atom. The summed E-state index contributed by atoms with van der Waals surface area (Å²) in [5.74, 6) is 0.472. The molecule has 0 aromatic rings. The van der Waals surface area contributed by atoms with Gasteiger partial charge in [-0.2, -0.15) is 0 Å². The number of hydrogen-bond acceptors (Lipinski definition) is 0. The van der Waals surface area contributed by atoms with Crippen molar-refractivity contribution in [3.05, 3.63) is 13.8 Å². The average Bonchev–Trinajstić information content (AvgIpc) is 2.00. The van der Waals surface area contributed by atoms with E-state index in [0.29, 0.717) is 5.88 Å². The summed E-state index contributed by atoms with van der Waals surface area (Å²) in [6, 6.07) is 0. The summed E-state index contributed by atoms with van der Waals surface area (Å²) in [7, 11) is 0. The number of hydrogen-bond donors (Lipinski definition) is 0. The topological polar surface area (TPSA) is 0 Å². The summed E-state index contributed by atoms with van der Waals surface area (Å²) in [5, 5.41) is 0. The first-order valence-electron chi connectivity index (χ1n) is 4.47. The van der Waals surface area contributed by atoms with Crippen molar-refractivity contribution in [3.8, 4) is 0 Å². The molecule has 0 aromatic heterocycles. The van der Waals surface area contributed by atoms with Gasteiger partial charge in [0.25, 0.3) is 0 Å². The predicted molar refractivity (Wildman–Crippen MR) is 54.8 cm³/mol. The van der Waals surface area contributed by atoms with Gasteiger partial charge in [-0.05, 0) is 6.92 Å². The van der Waals surface area contributed by atoms with Crippen molar-refractivity contribution in [1.82, 2.24) is 0 Å². The third kappa shape index (κ3) is 25.3. The van der Waals surface area contributed by atoms with Gasteiger partial charge in [0.2, 0.25) is 0 Å². The summed E-state index contributed by atoms with van der Waals surface area (Å²) in [4.78, 5) is 0. The lowest BCUT2D eigenvalue weighted by atomic mass is 10.1. The molecule has 0 amide bonds. The second-order valence-electron chi connectivity index (χ2n) is 2.46. The molecule has 0 fully saturated rings. The molecule has 0 spiro atoms. The molecule has 0 aliphatic carbocycles. The zero-order valence-corrected chi connectivity index (χ0v) is 8.50. The highest BCUT2D eigenvalue weighted by Crippen LogP contribution is 2.03. The molecule has 11 heavy (non-hydrogen) atoms. The Morgan fingerprint density at radius 2 is 1.45 bits per heavy atom. The van der Waals surface area contributed by atoms with Crippen molar-refractivity contribution in [1.29, 1.82) is 0 Å². The van der Waals surface area contributed by atoms with E-state index in [0.717, 1.165) is 6.42 Å². The van der Waals surface area contributed by atoms with E-state index in [1.165, 1.54) is 32.1 Å². The molecule has 0 unspecified atom stereocenters. The van der Waals surface area contributed by atoms with Gasteiger partial charge in [-0.25, -0.2) is 0 Å². The van der Waals surface area contributed by atoms with E-state index < -0.39 is 0 Å². The molecule has 0 heterocycles. The maximum atomic E-state index is 4.89. The standard InChI is InChI=1S/C8H17.C2H4Cl/c1-3-5-7-8-6-4-2;1-2-3/h1,3-8H2,2H3;1-2H2. The van der Waals surface area contributed by atoms with Crippen LogP contribution in [-0.4, -0.2) is 5.88 Å². The summed E-state index contributed by atoms with van der Waals surface area (Å²) in [5.41, 5.74) is 0. The molecule has 0 aliphatic heterocycles. The highest BCUT2D eigenvalue weighted by molar-refractivity contribution is 6.18. The van der Waals surface area contributed by atoms with Crippen molar-refractivity contribution < 1.29 is 0 Å². The van der Waals surface area contributed by atoms with Crippen LogP contribution in [0.4, 0.5) is 0 Å². The fourth-order valence-electron chi connectivity index (χ4n) is 0.780. The van der Waals surface area contributed by atoms with E-state index in [1.807, 2.05) is 0 Å². The van der Waals surface area contributed by atoms with Gasteiger partial charge in [-0.3, -0.25) is 0 Å². The van der Waals surface area contributed by atoms with E-state index >= 15 is 0 Å². The minimum absolute atomic E-state index is 0.472. The summed E-state index contributed by atoms with van der Waals surface area (Å²) >= 11 is 4.89. The maximum absolute atomic E-state index is 4.89. The first kappa shape index (κ1) is 13.9. The minimum Gasteiger partial charge on any atom is -0.127 e. The monoisotopic (exact) mass is 176 g/mol.